The fraction of sp³-hybridized carbons (Fsp3) is 0.0833. The summed E-state index contributed by atoms with van der Waals surface area (Å²) in [6.45, 7) is 0. The lowest BCUT2D eigenvalue weighted by Crippen LogP contribution is -1.90. The average Bonchev–Trinajstić information content (AvgIpc) is 2.35. The Balaban J connectivity index is 2.22. The van der Waals surface area contributed by atoms with Crippen LogP contribution in [0.3, 0.4) is 0 Å². The average molecular weight is 317 g/mol. The lowest BCUT2D eigenvalue weighted by Gasteiger charge is -2.07. The molecule has 0 spiro atoms. The molecular weight excluding hydrogens is 308 g/mol. The summed E-state index contributed by atoms with van der Waals surface area (Å²) in [7, 11) is 0. The van der Waals surface area contributed by atoms with Gasteiger partial charge in [-0.15, -0.1) is 11.6 Å². The molecule has 2 nitrogen and oxygen atoms in total. The van der Waals surface area contributed by atoms with Crippen LogP contribution in [0.4, 0.5) is 4.39 Å². The highest BCUT2D eigenvalue weighted by molar-refractivity contribution is 9.10. The Bertz CT molecular complexity index is 518. The molecule has 5 heteroatoms. The van der Waals surface area contributed by atoms with Gasteiger partial charge in [0.2, 0.25) is 5.88 Å². The summed E-state index contributed by atoms with van der Waals surface area (Å²) in [5, 5.41) is 0. The monoisotopic (exact) mass is 315 g/mol. The van der Waals surface area contributed by atoms with Gasteiger partial charge in [0, 0.05) is 24.2 Å². The molecule has 2 aromatic rings. The van der Waals surface area contributed by atoms with Gasteiger partial charge in [0.05, 0.1) is 4.47 Å². The number of pyridine rings is 1. The molecule has 0 fully saturated rings. The first-order valence-corrected chi connectivity index (χ1v) is 6.15. The molecule has 1 aromatic heterocycles. The van der Waals surface area contributed by atoms with Crippen LogP contribution in [0.15, 0.2) is 41.0 Å². The van der Waals surface area contributed by atoms with E-state index in [1.54, 1.807) is 18.3 Å². The van der Waals surface area contributed by atoms with Gasteiger partial charge < -0.3 is 4.74 Å². The van der Waals surface area contributed by atoms with Crippen molar-refractivity contribution in [2.45, 2.75) is 5.88 Å². The molecule has 0 saturated heterocycles. The predicted octanol–water partition coefficient (Wildman–Crippen LogP) is 4.51. The van der Waals surface area contributed by atoms with Gasteiger partial charge in [-0.3, -0.25) is 0 Å². The van der Waals surface area contributed by atoms with Gasteiger partial charge >= 0.3 is 0 Å². The van der Waals surface area contributed by atoms with Crippen LogP contribution in [0.25, 0.3) is 0 Å². The van der Waals surface area contributed by atoms with E-state index < -0.39 is 0 Å². The van der Waals surface area contributed by atoms with E-state index >= 15 is 0 Å². The quantitative estimate of drug-likeness (QED) is 0.777. The van der Waals surface area contributed by atoms with Crippen LogP contribution in [0.1, 0.15) is 5.56 Å². The largest absolute Gasteiger partial charge is 0.438 e. The number of benzene rings is 1. The van der Waals surface area contributed by atoms with E-state index in [-0.39, 0.29) is 5.82 Å². The summed E-state index contributed by atoms with van der Waals surface area (Å²) in [4.78, 5) is 4.07. The molecule has 0 aliphatic rings. The highest BCUT2D eigenvalue weighted by Gasteiger charge is 2.05. The van der Waals surface area contributed by atoms with Crippen molar-refractivity contribution >= 4 is 27.5 Å². The number of hydrogen-bond acceptors (Lipinski definition) is 2. The molecule has 1 aromatic carbocycles. The Morgan fingerprint density at radius 2 is 2.12 bits per heavy atom. The van der Waals surface area contributed by atoms with Gasteiger partial charge in [0.15, 0.2) is 0 Å². The van der Waals surface area contributed by atoms with Crippen LogP contribution in [0, 0.1) is 5.82 Å². The molecule has 1 heterocycles. The SMILES string of the molecule is Fc1ccc(Br)c(Oc2ccc(CCl)cn2)c1. The second-order valence-corrected chi connectivity index (χ2v) is 4.44. The molecule has 0 aliphatic carbocycles. The maximum Gasteiger partial charge on any atom is 0.219 e. The first-order valence-electron chi connectivity index (χ1n) is 4.83. The van der Waals surface area contributed by atoms with Gasteiger partial charge in [0.1, 0.15) is 11.6 Å². The van der Waals surface area contributed by atoms with E-state index in [1.807, 2.05) is 6.07 Å². The highest BCUT2D eigenvalue weighted by atomic mass is 79.9. The van der Waals surface area contributed by atoms with Crippen LogP contribution in [-0.4, -0.2) is 4.98 Å². The minimum atomic E-state index is -0.361. The van der Waals surface area contributed by atoms with Crippen molar-refractivity contribution in [1.82, 2.24) is 4.98 Å². The van der Waals surface area contributed by atoms with E-state index in [2.05, 4.69) is 20.9 Å². The third-order valence-corrected chi connectivity index (χ3v) is 3.02. The first kappa shape index (κ1) is 12.3. The van der Waals surface area contributed by atoms with Gasteiger partial charge in [-0.05, 0) is 33.6 Å². The third-order valence-electron chi connectivity index (χ3n) is 2.06. The number of rotatable bonds is 3. The molecule has 0 unspecified atom stereocenters. The molecule has 0 radical (unpaired) electrons. The topological polar surface area (TPSA) is 22.1 Å². The molecular formula is C12H8BrClFNO. The van der Waals surface area contributed by atoms with Gasteiger partial charge in [-0.1, -0.05) is 6.07 Å². The third kappa shape index (κ3) is 3.17. The summed E-state index contributed by atoms with van der Waals surface area (Å²) in [5.41, 5.74) is 0.900. The summed E-state index contributed by atoms with van der Waals surface area (Å²) < 4.78 is 19.1. The van der Waals surface area contributed by atoms with Crippen molar-refractivity contribution in [3.8, 4) is 11.6 Å². The minimum absolute atomic E-state index is 0.361. The van der Waals surface area contributed by atoms with Crippen molar-refractivity contribution in [1.29, 1.82) is 0 Å². The van der Waals surface area contributed by atoms with Crippen LogP contribution in [-0.2, 0) is 5.88 Å². The number of halogens is 3. The number of alkyl halides is 1. The van der Waals surface area contributed by atoms with Crippen LogP contribution < -0.4 is 4.74 Å². The fourth-order valence-electron chi connectivity index (χ4n) is 1.22. The zero-order chi connectivity index (χ0) is 12.3. The summed E-state index contributed by atoms with van der Waals surface area (Å²) in [6, 6.07) is 7.72. The Hall–Kier alpha value is -1.13. The first-order chi connectivity index (χ1) is 8.19. The molecule has 0 atom stereocenters. The summed E-state index contributed by atoms with van der Waals surface area (Å²) in [6.07, 6.45) is 1.62. The minimum Gasteiger partial charge on any atom is -0.438 e. The predicted molar refractivity (Wildman–Crippen MR) is 68.0 cm³/mol. The highest BCUT2D eigenvalue weighted by Crippen LogP contribution is 2.29. The van der Waals surface area contributed by atoms with Gasteiger partial charge in [0.25, 0.3) is 0 Å². The molecule has 2 rings (SSSR count). The Morgan fingerprint density at radius 3 is 2.76 bits per heavy atom. The number of nitrogens with zero attached hydrogens (tertiary/aromatic N) is 1. The molecule has 17 heavy (non-hydrogen) atoms. The maximum absolute atomic E-state index is 13.0. The van der Waals surface area contributed by atoms with Gasteiger partial charge in [-0.25, -0.2) is 9.37 Å². The normalized spacial score (nSPS) is 10.3. The van der Waals surface area contributed by atoms with E-state index in [0.717, 1.165) is 5.56 Å². The molecule has 0 aliphatic heterocycles. The molecule has 88 valence electrons. The molecule has 0 amide bonds. The molecule has 0 N–H and O–H groups in total. The number of aromatic nitrogens is 1. The van der Waals surface area contributed by atoms with Crippen molar-refractivity contribution in [3.05, 3.63) is 52.4 Å². The van der Waals surface area contributed by atoms with E-state index in [1.165, 1.54) is 12.1 Å². The summed E-state index contributed by atoms with van der Waals surface area (Å²) >= 11 is 8.92. The molecule has 0 bridgehead atoms. The van der Waals surface area contributed by atoms with E-state index in [0.29, 0.717) is 22.0 Å². The smallest absolute Gasteiger partial charge is 0.219 e. The fourth-order valence-corrected chi connectivity index (χ4v) is 1.70. The molecule has 0 saturated carbocycles. The van der Waals surface area contributed by atoms with Crippen molar-refractivity contribution in [2.75, 3.05) is 0 Å². The van der Waals surface area contributed by atoms with E-state index in [4.69, 9.17) is 16.3 Å². The van der Waals surface area contributed by atoms with Crippen molar-refractivity contribution in [2.24, 2.45) is 0 Å². The summed E-state index contributed by atoms with van der Waals surface area (Å²) in [5.74, 6) is 0.818. The van der Waals surface area contributed by atoms with Gasteiger partial charge in [-0.2, -0.15) is 0 Å². The second-order valence-electron chi connectivity index (χ2n) is 3.32. The lowest BCUT2D eigenvalue weighted by molar-refractivity contribution is 0.455. The second kappa shape index (κ2) is 5.47. The Morgan fingerprint density at radius 1 is 1.29 bits per heavy atom. The Kier molecular flexibility index (Phi) is 3.97. The van der Waals surface area contributed by atoms with E-state index in [9.17, 15) is 4.39 Å². The zero-order valence-corrected chi connectivity index (χ0v) is 11.0. The zero-order valence-electron chi connectivity index (χ0n) is 8.66. The Labute approximate surface area is 112 Å². The van der Waals surface area contributed by atoms with Crippen LogP contribution >= 0.6 is 27.5 Å². The number of ether oxygens (including phenoxy) is 1. The lowest BCUT2D eigenvalue weighted by atomic mass is 10.3. The van der Waals surface area contributed by atoms with Crippen LogP contribution in [0.5, 0.6) is 11.6 Å². The standard InChI is InChI=1S/C12H8BrClFNO/c13-10-3-2-9(15)5-11(10)17-12-4-1-8(6-14)7-16-12/h1-5,7H,6H2. The van der Waals surface area contributed by atoms with Crippen molar-refractivity contribution in [3.63, 3.8) is 0 Å². The maximum atomic E-state index is 13.0. The van der Waals surface area contributed by atoms with Crippen molar-refractivity contribution < 1.29 is 9.13 Å². The number of hydrogen-bond donors (Lipinski definition) is 0. The van der Waals surface area contributed by atoms with Crippen LogP contribution in [0.2, 0.25) is 0 Å².